The van der Waals surface area contributed by atoms with Gasteiger partial charge in [0.15, 0.2) is 0 Å². The van der Waals surface area contributed by atoms with Crippen LogP contribution in [0.15, 0.2) is 48.5 Å². The molecule has 3 heteroatoms. The molecule has 0 saturated carbocycles. The van der Waals surface area contributed by atoms with E-state index in [2.05, 4.69) is 5.32 Å². The van der Waals surface area contributed by atoms with Crippen molar-refractivity contribution in [3.8, 4) is 11.1 Å². The molecule has 1 amide bonds. The van der Waals surface area contributed by atoms with Crippen molar-refractivity contribution >= 4 is 17.4 Å². The maximum absolute atomic E-state index is 11.8. The maximum atomic E-state index is 11.8. The van der Waals surface area contributed by atoms with E-state index in [0.29, 0.717) is 11.3 Å². The number of Topliss-reactive ketones (excluding diaryl/α,β-unsaturated/α-hetero) is 1. The number of amides is 1. The van der Waals surface area contributed by atoms with Crippen molar-refractivity contribution in [2.45, 2.75) is 0 Å². The highest BCUT2D eigenvalue weighted by atomic mass is 16.2. The van der Waals surface area contributed by atoms with Crippen LogP contribution in [0.5, 0.6) is 0 Å². The van der Waals surface area contributed by atoms with Gasteiger partial charge >= 0.3 is 0 Å². The molecule has 0 aliphatic carbocycles. The third-order valence-corrected chi connectivity index (χ3v) is 2.83. The summed E-state index contributed by atoms with van der Waals surface area (Å²) in [6, 6.07) is 15.0. The van der Waals surface area contributed by atoms with E-state index in [1.54, 1.807) is 6.07 Å². The van der Waals surface area contributed by atoms with Crippen LogP contribution < -0.4 is 5.32 Å². The van der Waals surface area contributed by atoms with Crippen LogP contribution in [0.2, 0.25) is 0 Å². The van der Waals surface area contributed by atoms with Gasteiger partial charge in [-0.05, 0) is 17.2 Å². The summed E-state index contributed by atoms with van der Waals surface area (Å²) in [5, 5.41) is 2.57. The van der Waals surface area contributed by atoms with Gasteiger partial charge in [-0.25, -0.2) is 0 Å². The van der Waals surface area contributed by atoms with Crippen LogP contribution in [0.1, 0.15) is 10.4 Å². The first-order valence-electron chi connectivity index (χ1n) is 5.31. The van der Waals surface area contributed by atoms with Crippen molar-refractivity contribution in [3.63, 3.8) is 0 Å². The number of hydrogen-bond donors (Lipinski definition) is 1. The molecule has 0 spiro atoms. The first kappa shape index (κ1) is 9.78. The molecular formula is C14H9NO2. The summed E-state index contributed by atoms with van der Waals surface area (Å²) in [7, 11) is 0. The Kier molecular flexibility index (Phi) is 2.05. The Morgan fingerprint density at radius 1 is 0.824 bits per heavy atom. The van der Waals surface area contributed by atoms with Crippen LogP contribution in [0.4, 0.5) is 5.69 Å². The van der Waals surface area contributed by atoms with Gasteiger partial charge in [0.25, 0.3) is 11.7 Å². The van der Waals surface area contributed by atoms with Gasteiger partial charge in [0.05, 0.1) is 11.3 Å². The normalized spacial score (nSPS) is 13.4. The van der Waals surface area contributed by atoms with Gasteiger partial charge in [-0.3, -0.25) is 9.59 Å². The average Bonchev–Trinajstić information content (AvgIpc) is 2.66. The van der Waals surface area contributed by atoms with E-state index in [0.717, 1.165) is 11.1 Å². The van der Waals surface area contributed by atoms with E-state index in [4.69, 9.17) is 0 Å². The van der Waals surface area contributed by atoms with E-state index in [-0.39, 0.29) is 0 Å². The molecular weight excluding hydrogens is 214 g/mol. The van der Waals surface area contributed by atoms with Crippen LogP contribution in [-0.2, 0) is 4.79 Å². The lowest BCUT2D eigenvalue weighted by atomic mass is 9.97. The molecule has 0 radical (unpaired) electrons. The van der Waals surface area contributed by atoms with E-state index in [9.17, 15) is 9.59 Å². The number of rotatable bonds is 1. The molecule has 1 aliphatic rings. The van der Waals surface area contributed by atoms with Crippen LogP contribution in [0.3, 0.4) is 0 Å². The quantitative estimate of drug-likeness (QED) is 0.755. The van der Waals surface area contributed by atoms with Gasteiger partial charge in [0.2, 0.25) is 0 Å². The Hall–Kier alpha value is -2.42. The van der Waals surface area contributed by atoms with Crippen LogP contribution >= 0.6 is 0 Å². The number of ketones is 1. The lowest BCUT2D eigenvalue weighted by Gasteiger charge is -2.05. The molecule has 1 aliphatic heterocycles. The lowest BCUT2D eigenvalue weighted by molar-refractivity contribution is -0.112. The largest absolute Gasteiger partial charge is 0.318 e. The van der Waals surface area contributed by atoms with Crippen LogP contribution in [0, 0.1) is 0 Å². The number of nitrogens with one attached hydrogen (secondary N) is 1. The number of carbonyl (C=O) groups excluding carboxylic acids is 2. The SMILES string of the molecule is O=C1Nc2cccc(-c3ccccc3)c2C1=O. The summed E-state index contributed by atoms with van der Waals surface area (Å²) in [5.41, 5.74) is 2.81. The first-order chi connectivity index (χ1) is 8.27. The molecule has 17 heavy (non-hydrogen) atoms. The zero-order chi connectivity index (χ0) is 11.8. The van der Waals surface area contributed by atoms with Gasteiger partial charge in [0.1, 0.15) is 0 Å². The Morgan fingerprint density at radius 3 is 2.35 bits per heavy atom. The zero-order valence-corrected chi connectivity index (χ0v) is 8.94. The van der Waals surface area contributed by atoms with Crippen LogP contribution in [0.25, 0.3) is 11.1 Å². The lowest BCUT2D eigenvalue weighted by Crippen LogP contribution is -2.12. The molecule has 3 nitrogen and oxygen atoms in total. The summed E-state index contributed by atoms with van der Waals surface area (Å²) >= 11 is 0. The number of carbonyl (C=O) groups is 2. The zero-order valence-electron chi connectivity index (χ0n) is 8.94. The fraction of sp³-hybridized carbons (Fsp3) is 0. The smallest absolute Gasteiger partial charge is 0.296 e. The number of anilines is 1. The van der Waals surface area contributed by atoms with Crippen molar-refractivity contribution in [2.75, 3.05) is 5.32 Å². The fourth-order valence-corrected chi connectivity index (χ4v) is 2.05. The minimum absolute atomic E-state index is 0.459. The van der Waals surface area contributed by atoms with E-state index in [1.165, 1.54) is 0 Å². The van der Waals surface area contributed by atoms with E-state index >= 15 is 0 Å². The Bertz CT molecular complexity index is 617. The van der Waals surface area contributed by atoms with Gasteiger partial charge in [-0.2, -0.15) is 0 Å². The van der Waals surface area contributed by atoms with Gasteiger partial charge in [0, 0.05) is 0 Å². The molecule has 2 aromatic rings. The molecule has 1 N–H and O–H groups in total. The molecule has 82 valence electrons. The average molecular weight is 223 g/mol. The monoisotopic (exact) mass is 223 g/mol. The highest BCUT2D eigenvalue weighted by Crippen LogP contribution is 2.32. The second-order valence-corrected chi connectivity index (χ2v) is 3.88. The molecule has 2 aromatic carbocycles. The van der Waals surface area contributed by atoms with Gasteiger partial charge < -0.3 is 5.32 Å². The third-order valence-electron chi connectivity index (χ3n) is 2.83. The summed E-state index contributed by atoms with van der Waals surface area (Å²) in [4.78, 5) is 23.1. The highest BCUT2D eigenvalue weighted by molar-refractivity contribution is 6.52. The summed E-state index contributed by atoms with van der Waals surface area (Å²) in [6.45, 7) is 0. The van der Waals surface area contributed by atoms with Crippen molar-refractivity contribution in [1.82, 2.24) is 0 Å². The molecule has 0 fully saturated rings. The Balaban J connectivity index is 2.25. The minimum atomic E-state index is -0.552. The standard InChI is InChI=1S/C14H9NO2/c16-13-12-10(9-5-2-1-3-6-9)7-4-8-11(12)15-14(13)17/h1-8H,(H,15,16,17). The highest BCUT2D eigenvalue weighted by Gasteiger charge is 2.30. The number of fused-ring (bicyclic) bond motifs is 1. The number of hydrogen-bond acceptors (Lipinski definition) is 2. The first-order valence-corrected chi connectivity index (χ1v) is 5.31. The van der Waals surface area contributed by atoms with Gasteiger partial charge in [-0.1, -0.05) is 42.5 Å². The molecule has 0 bridgehead atoms. The Labute approximate surface area is 98.1 Å². The molecule has 0 saturated heterocycles. The van der Waals surface area contributed by atoms with Crippen molar-refractivity contribution in [3.05, 3.63) is 54.1 Å². The minimum Gasteiger partial charge on any atom is -0.318 e. The fourth-order valence-electron chi connectivity index (χ4n) is 2.05. The van der Waals surface area contributed by atoms with E-state index in [1.807, 2.05) is 42.5 Å². The molecule has 0 aromatic heterocycles. The number of benzene rings is 2. The van der Waals surface area contributed by atoms with Crippen molar-refractivity contribution < 1.29 is 9.59 Å². The topological polar surface area (TPSA) is 46.2 Å². The van der Waals surface area contributed by atoms with E-state index < -0.39 is 11.7 Å². The second-order valence-electron chi connectivity index (χ2n) is 3.88. The van der Waals surface area contributed by atoms with Crippen molar-refractivity contribution in [2.24, 2.45) is 0 Å². The Morgan fingerprint density at radius 2 is 1.59 bits per heavy atom. The van der Waals surface area contributed by atoms with Crippen LogP contribution in [-0.4, -0.2) is 11.7 Å². The molecule has 3 rings (SSSR count). The summed E-state index contributed by atoms with van der Waals surface area (Å²) < 4.78 is 0. The predicted octanol–water partition coefficient (Wildman–Crippen LogP) is 2.49. The summed E-state index contributed by atoms with van der Waals surface area (Å²) in [5.74, 6) is -1.01. The maximum Gasteiger partial charge on any atom is 0.296 e. The predicted molar refractivity (Wildman–Crippen MR) is 64.8 cm³/mol. The van der Waals surface area contributed by atoms with Crippen molar-refractivity contribution in [1.29, 1.82) is 0 Å². The molecule has 1 heterocycles. The third kappa shape index (κ3) is 1.44. The van der Waals surface area contributed by atoms with Gasteiger partial charge in [-0.15, -0.1) is 0 Å². The molecule has 0 atom stereocenters. The summed E-state index contributed by atoms with van der Waals surface area (Å²) in [6.07, 6.45) is 0. The molecule has 0 unspecified atom stereocenters. The second kappa shape index (κ2) is 3.56.